The molecular formula is C14H24N4O2. The zero-order valence-corrected chi connectivity index (χ0v) is 12.6. The SMILES string of the molecule is CCCCn1nc(C)nc1C1CC(=O)N(CCOC)C1. The Hall–Kier alpha value is -1.43. The van der Waals surface area contributed by atoms with Gasteiger partial charge in [0, 0.05) is 39.1 Å². The maximum absolute atomic E-state index is 12.0. The molecule has 1 aromatic rings. The van der Waals surface area contributed by atoms with E-state index in [1.807, 2.05) is 16.5 Å². The van der Waals surface area contributed by atoms with Crippen molar-refractivity contribution in [3.8, 4) is 0 Å². The van der Waals surface area contributed by atoms with Crippen molar-refractivity contribution in [2.75, 3.05) is 26.8 Å². The molecular weight excluding hydrogens is 256 g/mol. The van der Waals surface area contributed by atoms with Gasteiger partial charge in [0.05, 0.1) is 6.61 Å². The van der Waals surface area contributed by atoms with Crippen LogP contribution in [0.15, 0.2) is 0 Å². The smallest absolute Gasteiger partial charge is 0.223 e. The van der Waals surface area contributed by atoms with E-state index >= 15 is 0 Å². The van der Waals surface area contributed by atoms with Crippen molar-refractivity contribution in [2.24, 2.45) is 0 Å². The summed E-state index contributed by atoms with van der Waals surface area (Å²) < 4.78 is 7.03. The molecule has 0 N–H and O–H groups in total. The van der Waals surface area contributed by atoms with Gasteiger partial charge >= 0.3 is 0 Å². The Morgan fingerprint density at radius 2 is 2.20 bits per heavy atom. The Balaban J connectivity index is 2.06. The fourth-order valence-electron chi connectivity index (χ4n) is 2.61. The summed E-state index contributed by atoms with van der Waals surface area (Å²) in [6, 6.07) is 0. The second-order valence-corrected chi connectivity index (χ2v) is 5.33. The molecule has 1 aliphatic heterocycles. The van der Waals surface area contributed by atoms with Gasteiger partial charge < -0.3 is 9.64 Å². The second-order valence-electron chi connectivity index (χ2n) is 5.33. The predicted octanol–water partition coefficient (Wildman–Crippen LogP) is 1.35. The molecule has 1 atom stereocenters. The fourth-order valence-corrected chi connectivity index (χ4v) is 2.61. The van der Waals surface area contributed by atoms with E-state index in [4.69, 9.17) is 4.74 Å². The molecule has 6 nitrogen and oxygen atoms in total. The molecule has 1 aromatic heterocycles. The van der Waals surface area contributed by atoms with Crippen LogP contribution in [0.3, 0.4) is 0 Å². The largest absolute Gasteiger partial charge is 0.383 e. The minimum Gasteiger partial charge on any atom is -0.383 e. The lowest BCUT2D eigenvalue weighted by Crippen LogP contribution is -2.28. The monoisotopic (exact) mass is 280 g/mol. The van der Waals surface area contributed by atoms with Crippen molar-refractivity contribution in [1.29, 1.82) is 0 Å². The number of hydrogen-bond acceptors (Lipinski definition) is 4. The first kappa shape index (κ1) is 15.0. The first-order chi connectivity index (χ1) is 9.65. The van der Waals surface area contributed by atoms with Crippen LogP contribution in [0, 0.1) is 6.92 Å². The number of aromatic nitrogens is 3. The molecule has 0 aliphatic carbocycles. The van der Waals surface area contributed by atoms with E-state index in [0.717, 1.165) is 37.6 Å². The number of carbonyl (C=O) groups excluding carboxylic acids is 1. The van der Waals surface area contributed by atoms with Gasteiger partial charge in [0.2, 0.25) is 5.91 Å². The van der Waals surface area contributed by atoms with Gasteiger partial charge in [-0.25, -0.2) is 9.67 Å². The predicted molar refractivity (Wildman–Crippen MR) is 75.5 cm³/mol. The van der Waals surface area contributed by atoms with Crippen LogP contribution in [0.1, 0.15) is 43.8 Å². The highest BCUT2D eigenvalue weighted by atomic mass is 16.5. The normalized spacial score (nSPS) is 19.1. The van der Waals surface area contributed by atoms with Gasteiger partial charge in [0.25, 0.3) is 0 Å². The fraction of sp³-hybridized carbons (Fsp3) is 0.786. The average Bonchev–Trinajstić information content (AvgIpc) is 2.97. The van der Waals surface area contributed by atoms with Crippen LogP contribution in [0.4, 0.5) is 0 Å². The second kappa shape index (κ2) is 6.83. The lowest BCUT2D eigenvalue weighted by molar-refractivity contribution is -0.128. The number of hydrogen-bond donors (Lipinski definition) is 0. The maximum atomic E-state index is 12.0. The highest BCUT2D eigenvalue weighted by Crippen LogP contribution is 2.27. The van der Waals surface area contributed by atoms with Crippen LogP contribution >= 0.6 is 0 Å². The summed E-state index contributed by atoms with van der Waals surface area (Å²) in [5.74, 6) is 2.11. The van der Waals surface area contributed by atoms with E-state index in [2.05, 4.69) is 17.0 Å². The molecule has 112 valence electrons. The Labute approximate surface area is 120 Å². The Kier molecular flexibility index (Phi) is 5.11. The van der Waals surface area contributed by atoms with E-state index in [9.17, 15) is 4.79 Å². The molecule has 0 aromatic carbocycles. The standard InChI is InChI=1S/C14H24N4O2/c1-4-5-6-18-14(15-11(2)16-18)12-9-13(19)17(10-12)7-8-20-3/h12H,4-10H2,1-3H3. The molecule has 0 spiro atoms. The van der Waals surface area contributed by atoms with Crippen molar-refractivity contribution in [1.82, 2.24) is 19.7 Å². The minimum atomic E-state index is 0.164. The molecule has 1 unspecified atom stereocenters. The van der Waals surface area contributed by atoms with Crippen molar-refractivity contribution < 1.29 is 9.53 Å². The first-order valence-corrected chi connectivity index (χ1v) is 7.33. The third-order valence-corrected chi connectivity index (χ3v) is 3.67. The summed E-state index contributed by atoms with van der Waals surface area (Å²) in [7, 11) is 1.66. The molecule has 6 heteroatoms. The highest BCUT2D eigenvalue weighted by molar-refractivity contribution is 5.79. The van der Waals surface area contributed by atoms with E-state index < -0.39 is 0 Å². The van der Waals surface area contributed by atoms with Gasteiger partial charge in [0.15, 0.2) is 0 Å². The molecule has 0 radical (unpaired) electrons. The number of nitrogens with zero attached hydrogens (tertiary/aromatic N) is 4. The third kappa shape index (κ3) is 3.36. The molecule has 2 rings (SSSR count). The van der Waals surface area contributed by atoms with E-state index in [1.54, 1.807) is 7.11 Å². The van der Waals surface area contributed by atoms with Gasteiger partial charge in [-0.05, 0) is 13.3 Å². The third-order valence-electron chi connectivity index (χ3n) is 3.67. The van der Waals surface area contributed by atoms with Gasteiger partial charge in [-0.3, -0.25) is 4.79 Å². The van der Waals surface area contributed by atoms with Crippen LogP contribution in [-0.2, 0) is 16.1 Å². The summed E-state index contributed by atoms with van der Waals surface area (Å²) >= 11 is 0. The molecule has 1 aliphatic rings. The number of amides is 1. The summed E-state index contributed by atoms with van der Waals surface area (Å²) in [5, 5.41) is 4.46. The van der Waals surface area contributed by atoms with E-state index in [0.29, 0.717) is 19.6 Å². The minimum absolute atomic E-state index is 0.164. The van der Waals surface area contributed by atoms with Crippen molar-refractivity contribution in [2.45, 2.75) is 45.6 Å². The van der Waals surface area contributed by atoms with Crippen molar-refractivity contribution in [3.63, 3.8) is 0 Å². The van der Waals surface area contributed by atoms with Crippen LogP contribution < -0.4 is 0 Å². The van der Waals surface area contributed by atoms with E-state index in [-0.39, 0.29) is 11.8 Å². The number of aryl methyl sites for hydroxylation is 2. The van der Waals surface area contributed by atoms with Gasteiger partial charge in [-0.15, -0.1) is 0 Å². The molecule has 20 heavy (non-hydrogen) atoms. The van der Waals surface area contributed by atoms with Crippen molar-refractivity contribution in [3.05, 3.63) is 11.6 Å². The number of unbranched alkanes of at least 4 members (excludes halogenated alkanes) is 1. The molecule has 1 amide bonds. The number of rotatable bonds is 7. The number of ether oxygens (including phenoxy) is 1. The summed E-state index contributed by atoms with van der Waals surface area (Å²) in [5.41, 5.74) is 0. The Bertz CT molecular complexity index is 458. The quantitative estimate of drug-likeness (QED) is 0.756. The molecule has 0 saturated carbocycles. The number of methoxy groups -OCH3 is 1. The zero-order chi connectivity index (χ0) is 14.5. The van der Waals surface area contributed by atoms with Crippen LogP contribution in [0.25, 0.3) is 0 Å². The lowest BCUT2D eigenvalue weighted by atomic mass is 10.1. The van der Waals surface area contributed by atoms with Crippen molar-refractivity contribution >= 4 is 5.91 Å². The molecule has 2 heterocycles. The Morgan fingerprint density at radius 1 is 1.40 bits per heavy atom. The van der Waals surface area contributed by atoms with Gasteiger partial charge in [0.1, 0.15) is 11.6 Å². The number of likely N-dealkylation sites (tertiary alicyclic amines) is 1. The summed E-state index contributed by atoms with van der Waals surface area (Å²) in [4.78, 5) is 18.4. The molecule has 0 bridgehead atoms. The molecule has 1 saturated heterocycles. The number of carbonyl (C=O) groups is 1. The summed E-state index contributed by atoms with van der Waals surface area (Å²) in [6.07, 6.45) is 2.75. The summed E-state index contributed by atoms with van der Waals surface area (Å²) in [6.45, 7) is 6.93. The Morgan fingerprint density at radius 3 is 2.90 bits per heavy atom. The lowest BCUT2D eigenvalue weighted by Gasteiger charge is -2.16. The first-order valence-electron chi connectivity index (χ1n) is 7.33. The zero-order valence-electron chi connectivity index (χ0n) is 12.6. The highest BCUT2D eigenvalue weighted by Gasteiger charge is 2.33. The van der Waals surface area contributed by atoms with Crippen LogP contribution in [-0.4, -0.2) is 52.4 Å². The van der Waals surface area contributed by atoms with Crippen LogP contribution in [0.2, 0.25) is 0 Å². The average molecular weight is 280 g/mol. The maximum Gasteiger partial charge on any atom is 0.223 e. The van der Waals surface area contributed by atoms with Gasteiger partial charge in [-0.2, -0.15) is 5.10 Å². The topological polar surface area (TPSA) is 60.2 Å². The molecule has 1 fully saturated rings. The van der Waals surface area contributed by atoms with Gasteiger partial charge in [-0.1, -0.05) is 13.3 Å². The van der Waals surface area contributed by atoms with E-state index in [1.165, 1.54) is 0 Å². The van der Waals surface area contributed by atoms with Crippen LogP contribution in [0.5, 0.6) is 0 Å².